The smallest absolute Gasteiger partial charge is 0.273 e. The van der Waals surface area contributed by atoms with Crippen LogP contribution in [-0.4, -0.2) is 24.3 Å². The standard InChI is InChI=1S/C18H13FN4O3S2/c19-11-3-6-13(7-4-11)28(25,26)23-12-5-8-14-16(10-12)27-18(21-14)22-17(24)15-2-1-9-20-15/h1-10,20,23H,(H,21,22,24). The van der Waals surface area contributed by atoms with Crippen LogP contribution in [0.2, 0.25) is 0 Å². The van der Waals surface area contributed by atoms with E-state index in [2.05, 4.69) is 20.0 Å². The molecule has 3 N–H and O–H groups in total. The number of nitrogens with zero attached hydrogens (tertiary/aromatic N) is 1. The first-order chi connectivity index (χ1) is 13.4. The molecule has 4 aromatic rings. The molecule has 7 nitrogen and oxygen atoms in total. The Morgan fingerprint density at radius 2 is 1.89 bits per heavy atom. The first-order valence-electron chi connectivity index (χ1n) is 8.04. The molecular weight excluding hydrogens is 403 g/mol. The fourth-order valence-electron chi connectivity index (χ4n) is 2.51. The van der Waals surface area contributed by atoms with Crippen LogP contribution in [0.3, 0.4) is 0 Å². The van der Waals surface area contributed by atoms with E-state index in [1.807, 2.05) is 0 Å². The van der Waals surface area contributed by atoms with E-state index in [9.17, 15) is 17.6 Å². The van der Waals surface area contributed by atoms with Crippen LogP contribution in [0.15, 0.2) is 65.7 Å². The zero-order valence-electron chi connectivity index (χ0n) is 14.1. The van der Waals surface area contributed by atoms with Crippen molar-refractivity contribution < 1.29 is 17.6 Å². The number of fused-ring (bicyclic) bond motifs is 1. The molecule has 4 rings (SSSR count). The number of anilines is 2. The molecule has 28 heavy (non-hydrogen) atoms. The third kappa shape index (κ3) is 3.73. The van der Waals surface area contributed by atoms with Gasteiger partial charge in [0.2, 0.25) is 0 Å². The number of halogens is 1. The highest BCUT2D eigenvalue weighted by molar-refractivity contribution is 7.92. The van der Waals surface area contributed by atoms with Gasteiger partial charge in [0.25, 0.3) is 15.9 Å². The van der Waals surface area contributed by atoms with E-state index in [1.54, 1.807) is 36.5 Å². The van der Waals surface area contributed by atoms with Crippen LogP contribution >= 0.6 is 11.3 Å². The van der Waals surface area contributed by atoms with Crippen LogP contribution in [0, 0.1) is 5.82 Å². The Labute approximate surface area is 163 Å². The van der Waals surface area contributed by atoms with Gasteiger partial charge in [0, 0.05) is 6.20 Å². The number of H-pyrrole nitrogens is 1. The Bertz CT molecular complexity index is 1250. The van der Waals surface area contributed by atoms with Gasteiger partial charge in [-0.05, 0) is 54.6 Å². The lowest BCUT2D eigenvalue weighted by Crippen LogP contribution is -2.12. The Kier molecular flexibility index (Phi) is 4.57. The summed E-state index contributed by atoms with van der Waals surface area (Å²) in [5, 5.41) is 3.09. The number of aromatic amines is 1. The number of aromatic nitrogens is 2. The minimum absolute atomic E-state index is 0.0443. The highest BCUT2D eigenvalue weighted by Gasteiger charge is 2.16. The van der Waals surface area contributed by atoms with Crippen molar-refractivity contribution in [1.29, 1.82) is 0 Å². The van der Waals surface area contributed by atoms with Gasteiger partial charge in [-0.25, -0.2) is 17.8 Å². The molecule has 10 heteroatoms. The number of benzene rings is 2. The summed E-state index contributed by atoms with van der Waals surface area (Å²) in [5.74, 6) is -0.833. The van der Waals surface area contributed by atoms with Crippen LogP contribution < -0.4 is 10.0 Å². The first-order valence-corrected chi connectivity index (χ1v) is 10.3. The Hall–Kier alpha value is -3.24. The summed E-state index contributed by atoms with van der Waals surface area (Å²) in [5.41, 5.74) is 1.37. The van der Waals surface area contributed by atoms with Crippen LogP contribution in [-0.2, 0) is 10.0 Å². The first kappa shape index (κ1) is 18.1. The van der Waals surface area contributed by atoms with E-state index in [1.165, 1.54) is 23.5 Å². The molecule has 0 fully saturated rings. The molecule has 0 aliphatic carbocycles. The maximum atomic E-state index is 13.0. The molecule has 0 spiro atoms. The van der Waals surface area contributed by atoms with Crippen LogP contribution in [0.4, 0.5) is 15.2 Å². The van der Waals surface area contributed by atoms with Crippen molar-refractivity contribution in [3.63, 3.8) is 0 Å². The molecule has 0 aliphatic rings. The lowest BCUT2D eigenvalue weighted by molar-refractivity contribution is 0.102. The summed E-state index contributed by atoms with van der Waals surface area (Å²) < 4.78 is 41.0. The number of carbonyl (C=O) groups excluding carboxylic acids is 1. The molecule has 1 amide bonds. The van der Waals surface area contributed by atoms with Crippen LogP contribution in [0.25, 0.3) is 10.2 Å². The predicted octanol–water partition coefficient (Wildman–Crippen LogP) is 3.82. The summed E-state index contributed by atoms with van der Waals surface area (Å²) in [7, 11) is -3.85. The van der Waals surface area contributed by atoms with Gasteiger partial charge in [-0.3, -0.25) is 14.8 Å². The summed E-state index contributed by atoms with van der Waals surface area (Å²) in [6, 6.07) is 12.8. The number of sulfonamides is 1. The number of hydrogen-bond acceptors (Lipinski definition) is 5. The van der Waals surface area contributed by atoms with Gasteiger partial charge in [0.15, 0.2) is 5.13 Å². The molecule has 2 aromatic carbocycles. The highest BCUT2D eigenvalue weighted by Crippen LogP contribution is 2.29. The van der Waals surface area contributed by atoms with Crippen LogP contribution in [0.5, 0.6) is 0 Å². The topological polar surface area (TPSA) is 104 Å². The van der Waals surface area contributed by atoms with E-state index in [0.29, 0.717) is 26.7 Å². The van der Waals surface area contributed by atoms with Crippen molar-refractivity contribution in [1.82, 2.24) is 9.97 Å². The lowest BCUT2D eigenvalue weighted by Gasteiger charge is -2.07. The fraction of sp³-hybridized carbons (Fsp3) is 0. The molecule has 0 aliphatic heterocycles. The third-order valence-electron chi connectivity index (χ3n) is 3.83. The van der Waals surface area contributed by atoms with E-state index >= 15 is 0 Å². The van der Waals surface area contributed by atoms with E-state index < -0.39 is 15.8 Å². The SMILES string of the molecule is O=C(Nc1nc2ccc(NS(=O)(=O)c3ccc(F)cc3)cc2s1)c1ccc[nH]1. The van der Waals surface area contributed by atoms with Crippen molar-refractivity contribution in [3.05, 3.63) is 72.3 Å². The summed E-state index contributed by atoms with van der Waals surface area (Å²) in [4.78, 5) is 19.2. The zero-order chi connectivity index (χ0) is 19.7. The van der Waals surface area contributed by atoms with E-state index in [0.717, 1.165) is 12.1 Å². The van der Waals surface area contributed by atoms with Crippen molar-refractivity contribution in [3.8, 4) is 0 Å². The fourth-order valence-corrected chi connectivity index (χ4v) is 4.46. The minimum atomic E-state index is -3.85. The third-order valence-corrected chi connectivity index (χ3v) is 6.16. The molecule has 0 saturated carbocycles. The maximum absolute atomic E-state index is 13.0. The van der Waals surface area contributed by atoms with Crippen molar-refractivity contribution >= 4 is 48.3 Å². The number of amides is 1. The van der Waals surface area contributed by atoms with Gasteiger partial charge in [0.05, 0.1) is 20.8 Å². The van der Waals surface area contributed by atoms with Crippen LogP contribution in [0.1, 0.15) is 10.5 Å². The second-order valence-electron chi connectivity index (χ2n) is 5.80. The number of nitrogens with one attached hydrogen (secondary N) is 3. The maximum Gasteiger partial charge on any atom is 0.273 e. The number of hydrogen-bond donors (Lipinski definition) is 3. The van der Waals surface area contributed by atoms with E-state index in [-0.39, 0.29) is 10.8 Å². The summed E-state index contributed by atoms with van der Waals surface area (Å²) in [6.45, 7) is 0. The molecular formula is C18H13FN4O3S2. The number of carbonyl (C=O) groups is 1. The number of thiazole rings is 1. The van der Waals surface area contributed by atoms with Gasteiger partial charge in [-0.2, -0.15) is 0 Å². The van der Waals surface area contributed by atoms with Crippen molar-refractivity contribution in [2.75, 3.05) is 10.0 Å². The number of rotatable bonds is 5. The summed E-state index contributed by atoms with van der Waals surface area (Å²) in [6.07, 6.45) is 1.65. The zero-order valence-corrected chi connectivity index (χ0v) is 15.8. The average molecular weight is 416 g/mol. The van der Waals surface area contributed by atoms with Gasteiger partial charge < -0.3 is 4.98 Å². The molecule has 0 unspecified atom stereocenters. The highest BCUT2D eigenvalue weighted by atomic mass is 32.2. The molecule has 0 atom stereocenters. The predicted molar refractivity (Wildman–Crippen MR) is 106 cm³/mol. The Morgan fingerprint density at radius 1 is 1.11 bits per heavy atom. The van der Waals surface area contributed by atoms with Gasteiger partial charge in [-0.1, -0.05) is 11.3 Å². The molecule has 0 saturated heterocycles. The molecule has 2 heterocycles. The van der Waals surface area contributed by atoms with Gasteiger partial charge in [0.1, 0.15) is 11.5 Å². The normalized spacial score (nSPS) is 11.5. The second kappa shape index (κ2) is 7.06. The van der Waals surface area contributed by atoms with Crippen molar-refractivity contribution in [2.45, 2.75) is 4.90 Å². The Morgan fingerprint density at radius 3 is 2.61 bits per heavy atom. The monoisotopic (exact) mass is 416 g/mol. The second-order valence-corrected chi connectivity index (χ2v) is 8.51. The lowest BCUT2D eigenvalue weighted by atomic mass is 10.3. The largest absolute Gasteiger partial charge is 0.357 e. The quantitative estimate of drug-likeness (QED) is 0.460. The Balaban J connectivity index is 1.56. The molecule has 2 aromatic heterocycles. The van der Waals surface area contributed by atoms with Gasteiger partial charge in [-0.15, -0.1) is 0 Å². The van der Waals surface area contributed by atoms with E-state index in [4.69, 9.17) is 0 Å². The average Bonchev–Trinajstić information content (AvgIpc) is 3.30. The summed E-state index contributed by atoms with van der Waals surface area (Å²) >= 11 is 1.22. The van der Waals surface area contributed by atoms with Crippen molar-refractivity contribution in [2.24, 2.45) is 0 Å². The molecule has 0 bridgehead atoms. The molecule has 142 valence electrons. The minimum Gasteiger partial charge on any atom is -0.357 e. The van der Waals surface area contributed by atoms with Gasteiger partial charge >= 0.3 is 0 Å². The molecule has 0 radical (unpaired) electrons.